The highest BCUT2D eigenvalue weighted by atomic mass is 16.6. The first kappa shape index (κ1) is 17.0. The van der Waals surface area contributed by atoms with Crippen LogP contribution >= 0.6 is 0 Å². The Bertz CT molecular complexity index is 787. The molecule has 1 amide bonds. The number of benzene rings is 2. The third kappa shape index (κ3) is 4.15. The Balaban J connectivity index is 1.57. The Kier molecular flexibility index (Phi) is 4.97. The maximum atomic E-state index is 11.7. The molecule has 0 aromatic heterocycles. The van der Waals surface area contributed by atoms with Crippen LogP contribution in [0, 0.1) is 17.0 Å². The molecule has 1 fully saturated rings. The van der Waals surface area contributed by atoms with Gasteiger partial charge in [0.25, 0.3) is 5.69 Å². The highest BCUT2D eigenvalue weighted by Crippen LogP contribution is 2.22. The summed E-state index contributed by atoms with van der Waals surface area (Å²) in [6.07, 6.45) is 1.62. The smallest absolute Gasteiger partial charge is 0.272 e. The minimum absolute atomic E-state index is 0.131. The lowest BCUT2D eigenvalue weighted by molar-refractivity contribution is -0.385. The SMILES string of the molecule is Cc1cc(NCc2ccc(CN3CCCC3=O)cc2)ccc1[N+](=O)[O-]. The van der Waals surface area contributed by atoms with Crippen LogP contribution in [0.2, 0.25) is 0 Å². The van der Waals surface area contributed by atoms with E-state index in [9.17, 15) is 14.9 Å². The Morgan fingerprint density at radius 2 is 1.88 bits per heavy atom. The molecule has 1 aliphatic rings. The number of nitrogens with one attached hydrogen (secondary N) is 1. The molecule has 1 heterocycles. The van der Waals surface area contributed by atoms with E-state index in [0.29, 0.717) is 25.1 Å². The molecule has 1 aliphatic heterocycles. The van der Waals surface area contributed by atoms with Gasteiger partial charge in [0, 0.05) is 43.4 Å². The van der Waals surface area contributed by atoms with Crippen molar-refractivity contribution in [1.29, 1.82) is 0 Å². The van der Waals surface area contributed by atoms with Crippen molar-refractivity contribution in [1.82, 2.24) is 4.90 Å². The number of carbonyl (C=O) groups is 1. The lowest BCUT2D eigenvalue weighted by Gasteiger charge is -2.15. The number of likely N-dealkylation sites (tertiary alicyclic amines) is 1. The first-order chi connectivity index (χ1) is 12.0. The average molecular weight is 339 g/mol. The fourth-order valence-electron chi connectivity index (χ4n) is 3.03. The molecule has 6 heteroatoms. The Morgan fingerprint density at radius 1 is 1.16 bits per heavy atom. The van der Waals surface area contributed by atoms with Crippen LogP contribution in [0.1, 0.15) is 29.5 Å². The van der Waals surface area contributed by atoms with E-state index in [1.807, 2.05) is 29.2 Å². The summed E-state index contributed by atoms with van der Waals surface area (Å²) >= 11 is 0. The number of carbonyl (C=O) groups excluding carboxylic acids is 1. The van der Waals surface area contributed by atoms with Crippen molar-refractivity contribution < 1.29 is 9.72 Å². The lowest BCUT2D eigenvalue weighted by Crippen LogP contribution is -2.23. The van der Waals surface area contributed by atoms with E-state index in [1.54, 1.807) is 19.1 Å². The van der Waals surface area contributed by atoms with Crippen molar-refractivity contribution in [2.24, 2.45) is 0 Å². The number of anilines is 1. The van der Waals surface area contributed by atoms with Gasteiger partial charge in [-0.3, -0.25) is 14.9 Å². The van der Waals surface area contributed by atoms with Crippen molar-refractivity contribution in [2.45, 2.75) is 32.9 Å². The fraction of sp³-hybridized carbons (Fsp3) is 0.316. The van der Waals surface area contributed by atoms with Crippen LogP contribution in [0.15, 0.2) is 42.5 Å². The predicted octanol–water partition coefficient (Wildman–Crippen LogP) is 3.64. The summed E-state index contributed by atoms with van der Waals surface area (Å²) in [4.78, 5) is 24.0. The summed E-state index contributed by atoms with van der Waals surface area (Å²) in [5, 5.41) is 14.1. The number of nitro groups is 1. The number of nitro benzene ring substituents is 1. The second-order valence-electron chi connectivity index (χ2n) is 6.35. The monoisotopic (exact) mass is 339 g/mol. The van der Waals surface area contributed by atoms with Gasteiger partial charge < -0.3 is 10.2 Å². The van der Waals surface area contributed by atoms with Crippen molar-refractivity contribution >= 4 is 17.3 Å². The lowest BCUT2D eigenvalue weighted by atomic mass is 10.1. The molecule has 6 nitrogen and oxygen atoms in total. The molecule has 0 atom stereocenters. The molecule has 0 aliphatic carbocycles. The van der Waals surface area contributed by atoms with E-state index >= 15 is 0 Å². The summed E-state index contributed by atoms with van der Waals surface area (Å²) in [7, 11) is 0. The van der Waals surface area contributed by atoms with Gasteiger partial charge in [0.1, 0.15) is 0 Å². The Morgan fingerprint density at radius 3 is 2.48 bits per heavy atom. The normalized spacial score (nSPS) is 14.0. The van der Waals surface area contributed by atoms with E-state index in [-0.39, 0.29) is 16.5 Å². The molecule has 0 spiro atoms. The van der Waals surface area contributed by atoms with Gasteiger partial charge in [-0.25, -0.2) is 0 Å². The molecule has 130 valence electrons. The predicted molar refractivity (Wildman–Crippen MR) is 96.3 cm³/mol. The van der Waals surface area contributed by atoms with Crippen molar-refractivity contribution in [2.75, 3.05) is 11.9 Å². The van der Waals surface area contributed by atoms with Crippen LogP contribution in [0.4, 0.5) is 11.4 Å². The van der Waals surface area contributed by atoms with Crippen LogP contribution in [0.25, 0.3) is 0 Å². The standard InChI is InChI=1S/C19H21N3O3/c1-14-11-17(8-9-18(14)22(24)25)20-12-15-4-6-16(7-5-15)13-21-10-2-3-19(21)23/h4-9,11,20H,2-3,10,12-13H2,1H3. The molecule has 0 unspecified atom stereocenters. The fourth-order valence-corrected chi connectivity index (χ4v) is 3.03. The minimum Gasteiger partial charge on any atom is -0.381 e. The number of amides is 1. The maximum absolute atomic E-state index is 11.7. The van der Waals surface area contributed by atoms with E-state index < -0.39 is 0 Å². The highest BCUT2D eigenvalue weighted by Gasteiger charge is 2.19. The van der Waals surface area contributed by atoms with Gasteiger partial charge in [-0.05, 0) is 36.6 Å². The molecule has 3 rings (SSSR count). The molecule has 2 aromatic rings. The minimum atomic E-state index is -0.372. The molecule has 25 heavy (non-hydrogen) atoms. The number of nitrogens with zero attached hydrogens (tertiary/aromatic N) is 2. The topological polar surface area (TPSA) is 75.5 Å². The number of rotatable bonds is 6. The van der Waals surface area contributed by atoms with Crippen LogP contribution in [-0.4, -0.2) is 22.3 Å². The maximum Gasteiger partial charge on any atom is 0.272 e. The quantitative estimate of drug-likeness (QED) is 0.644. The molecular weight excluding hydrogens is 318 g/mol. The van der Waals surface area contributed by atoms with E-state index in [4.69, 9.17) is 0 Å². The molecule has 1 saturated heterocycles. The zero-order chi connectivity index (χ0) is 17.8. The number of aryl methyl sites for hydroxylation is 1. The van der Waals surface area contributed by atoms with E-state index in [2.05, 4.69) is 5.32 Å². The molecule has 0 radical (unpaired) electrons. The van der Waals surface area contributed by atoms with Crippen LogP contribution < -0.4 is 5.32 Å². The van der Waals surface area contributed by atoms with Gasteiger partial charge >= 0.3 is 0 Å². The summed E-state index contributed by atoms with van der Waals surface area (Å²) in [5.41, 5.74) is 3.87. The zero-order valence-corrected chi connectivity index (χ0v) is 14.2. The molecule has 1 N–H and O–H groups in total. The zero-order valence-electron chi connectivity index (χ0n) is 14.2. The van der Waals surface area contributed by atoms with Gasteiger partial charge in [-0.2, -0.15) is 0 Å². The van der Waals surface area contributed by atoms with E-state index in [1.165, 1.54) is 6.07 Å². The molecule has 2 aromatic carbocycles. The molecule has 0 bridgehead atoms. The average Bonchev–Trinajstić information content (AvgIpc) is 2.99. The van der Waals surface area contributed by atoms with Gasteiger partial charge in [-0.15, -0.1) is 0 Å². The Hall–Kier alpha value is -2.89. The van der Waals surface area contributed by atoms with Gasteiger partial charge in [0.2, 0.25) is 5.91 Å². The summed E-state index contributed by atoms with van der Waals surface area (Å²) in [5.74, 6) is 0.235. The van der Waals surface area contributed by atoms with Gasteiger partial charge in [0.15, 0.2) is 0 Å². The highest BCUT2D eigenvalue weighted by molar-refractivity contribution is 5.78. The first-order valence-corrected chi connectivity index (χ1v) is 8.37. The van der Waals surface area contributed by atoms with Crippen LogP contribution in [0.3, 0.4) is 0 Å². The van der Waals surface area contributed by atoms with Crippen molar-refractivity contribution in [3.63, 3.8) is 0 Å². The largest absolute Gasteiger partial charge is 0.381 e. The molecular formula is C19H21N3O3. The summed E-state index contributed by atoms with van der Waals surface area (Å²) < 4.78 is 0. The first-order valence-electron chi connectivity index (χ1n) is 8.37. The second kappa shape index (κ2) is 7.34. The third-order valence-electron chi connectivity index (χ3n) is 4.46. The third-order valence-corrected chi connectivity index (χ3v) is 4.46. The summed E-state index contributed by atoms with van der Waals surface area (Å²) in [6, 6.07) is 13.2. The second-order valence-corrected chi connectivity index (χ2v) is 6.35. The van der Waals surface area contributed by atoms with E-state index in [0.717, 1.165) is 29.8 Å². The van der Waals surface area contributed by atoms with Crippen molar-refractivity contribution in [3.05, 3.63) is 69.3 Å². The number of hydrogen-bond donors (Lipinski definition) is 1. The molecule has 0 saturated carbocycles. The van der Waals surface area contributed by atoms with Gasteiger partial charge in [0.05, 0.1) is 4.92 Å². The van der Waals surface area contributed by atoms with Gasteiger partial charge in [-0.1, -0.05) is 24.3 Å². The van der Waals surface area contributed by atoms with Crippen molar-refractivity contribution in [3.8, 4) is 0 Å². The summed E-state index contributed by atoms with van der Waals surface area (Å²) in [6.45, 7) is 3.90. The number of hydrogen-bond acceptors (Lipinski definition) is 4. The van der Waals surface area contributed by atoms with Crippen LogP contribution in [0.5, 0.6) is 0 Å². The Labute approximate surface area is 146 Å². The van der Waals surface area contributed by atoms with Crippen LogP contribution in [-0.2, 0) is 17.9 Å².